The van der Waals surface area contributed by atoms with Crippen molar-refractivity contribution in [2.24, 2.45) is 0 Å². The van der Waals surface area contributed by atoms with Gasteiger partial charge in [0.1, 0.15) is 12.4 Å². The molecule has 96 valence electrons. The first-order valence-corrected chi connectivity index (χ1v) is 5.29. The fraction of sp³-hybridized carbons (Fsp3) is 0.231. The van der Waals surface area contributed by atoms with Crippen LogP contribution in [0.2, 0.25) is 0 Å². The molecule has 0 heterocycles. The van der Waals surface area contributed by atoms with Gasteiger partial charge in [0.2, 0.25) is 0 Å². The summed E-state index contributed by atoms with van der Waals surface area (Å²) < 4.78 is 9.86. The van der Waals surface area contributed by atoms with E-state index in [9.17, 15) is 9.59 Å². The van der Waals surface area contributed by atoms with E-state index < -0.39 is 11.9 Å². The highest BCUT2D eigenvalue weighted by molar-refractivity contribution is 5.95. The van der Waals surface area contributed by atoms with Crippen molar-refractivity contribution < 1.29 is 24.2 Å². The lowest BCUT2D eigenvalue weighted by molar-refractivity contribution is 0.0600. The lowest BCUT2D eigenvalue weighted by atomic mass is 10.1. The average molecular weight is 250 g/mol. The molecular weight excluding hydrogens is 236 g/mol. The number of carbonyl (C=O) groups excluding carboxylic acids is 1. The highest BCUT2D eigenvalue weighted by atomic mass is 16.5. The van der Waals surface area contributed by atoms with Gasteiger partial charge in [-0.05, 0) is 25.1 Å². The van der Waals surface area contributed by atoms with Gasteiger partial charge in [-0.15, -0.1) is 0 Å². The lowest BCUT2D eigenvalue weighted by Crippen LogP contribution is -2.06. The quantitative estimate of drug-likeness (QED) is 0.640. The number of methoxy groups -OCH3 is 1. The maximum absolute atomic E-state index is 11.4. The molecule has 0 aliphatic heterocycles. The maximum Gasteiger partial charge on any atom is 0.338 e. The summed E-state index contributed by atoms with van der Waals surface area (Å²) in [6.07, 6.45) is 3.58. The number of carbonyl (C=O) groups is 2. The third-order valence-electron chi connectivity index (χ3n) is 2.16. The Morgan fingerprint density at radius 2 is 1.94 bits per heavy atom. The minimum atomic E-state index is -1.13. The molecular formula is C13H14O5. The molecule has 1 aromatic rings. The number of carboxylic acid groups (broad SMARTS) is 1. The largest absolute Gasteiger partial charge is 0.489 e. The van der Waals surface area contributed by atoms with E-state index in [1.807, 2.05) is 13.0 Å². The zero-order valence-corrected chi connectivity index (χ0v) is 10.2. The van der Waals surface area contributed by atoms with Gasteiger partial charge in [0, 0.05) is 0 Å². The standard InChI is InChI=1S/C13H14O5/c1-3-4-5-18-11-7-9(12(14)15)6-10(8-11)13(16)17-2/h3-4,6-8H,5H2,1-2H3,(H,14,15)/b4-3+. The van der Waals surface area contributed by atoms with Gasteiger partial charge < -0.3 is 14.6 Å². The molecule has 5 heteroatoms. The van der Waals surface area contributed by atoms with E-state index in [-0.39, 0.29) is 11.1 Å². The zero-order valence-electron chi connectivity index (χ0n) is 10.2. The Morgan fingerprint density at radius 1 is 1.28 bits per heavy atom. The van der Waals surface area contributed by atoms with Gasteiger partial charge in [-0.2, -0.15) is 0 Å². The Labute approximate surface area is 105 Å². The number of hydrogen-bond donors (Lipinski definition) is 1. The Bertz CT molecular complexity index is 476. The number of esters is 1. The van der Waals surface area contributed by atoms with Crippen LogP contribution in [0.15, 0.2) is 30.4 Å². The molecule has 0 aliphatic carbocycles. The van der Waals surface area contributed by atoms with Crippen LogP contribution in [0, 0.1) is 0 Å². The molecule has 0 saturated heterocycles. The second kappa shape index (κ2) is 6.44. The van der Waals surface area contributed by atoms with Crippen LogP contribution < -0.4 is 4.74 Å². The van der Waals surface area contributed by atoms with Crippen molar-refractivity contribution >= 4 is 11.9 Å². The third kappa shape index (κ3) is 3.62. The predicted molar refractivity (Wildman–Crippen MR) is 65.0 cm³/mol. The maximum atomic E-state index is 11.4. The Kier molecular flexibility index (Phi) is 4.92. The summed E-state index contributed by atoms with van der Waals surface area (Å²) in [4.78, 5) is 22.3. The SMILES string of the molecule is C/C=C/COc1cc(C(=O)O)cc(C(=O)OC)c1. The molecule has 1 rings (SSSR count). The fourth-order valence-electron chi connectivity index (χ4n) is 1.28. The number of carboxylic acids is 1. The summed E-state index contributed by atoms with van der Waals surface area (Å²) in [7, 11) is 1.23. The van der Waals surface area contributed by atoms with E-state index in [2.05, 4.69) is 4.74 Å². The van der Waals surface area contributed by atoms with E-state index in [0.29, 0.717) is 12.4 Å². The second-order valence-corrected chi connectivity index (χ2v) is 3.42. The van der Waals surface area contributed by atoms with Gasteiger partial charge >= 0.3 is 11.9 Å². The van der Waals surface area contributed by atoms with E-state index in [4.69, 9.17) is 9.84 Å². The van der Waals surface area contributed by atoms with Gasteiger partial charge in [-0.25, -0.2) is 9.59 Å². The van der Waals surface area contributed by atoms with Crippen molar-refractivity contribution in [3.8, 4) is 5.75 Å². The minimum Gasteiger partial charge on any atom is -0.489 e. The van der Waals surface area contributed by atoms with Crippen LogP contribution in [0.25, 0.3) is 0 Å². The average Bonchev–Trinajstić information content (AvgIpc) is 2.37. The first-order valence-electron chi connectivity index (χ1n) is 5.29. The van der Waals surface area contributed by atoms with Crippen LogP contribution in [0.4, 0.5) is 0 Å². The summed E-state index contributed by atoms with van der Waals surface area (Å²) in [5.74, 6) is -1.42. The summed E-state index contributed by atoms with van der Waals surface area (Å²) in [6, 6.07) is 4.05. The van der Waals surface area contributed by atoms with Crippen LogP contribution in [-0.2, 0) is 4.74 Å². The molecule has 5 nitrogen and oxygen atoms in total. The van der Waals surface area contributed by atoms with Crippen LogP contribution >= 0.6 is 0 Å². The molecule has 0 radical (unpaired) electrons. The predicted octanol–water partition coefficient (Wildman–Crippen LogP) is 2.13. The van der Waals surface area contributed by atoms with Crippen molar-refractivity contribution in [2.75, 3.05) is 13.7 Å². The van der Waals surface area contributed by atoms with E-state index in [1.54, 1.807) is 6.08 Å². The molecule has 0 unspecified atom stereocenters. The molecule has 0 saturated carbocycles. The monoisotopic (exact) mass is 250 g/mol. The molecule has 0 atom stereocenters. The van der Waals surface area contributed by atoms with Crippen molar-refractivity contribution in [3.05, 3.63) is 41.5 Å². The third-order valence-corrected chi connectivity index (χ3v) is 2.16. The molecule has 1 aromatic carbocycles. The van der Waals surface area contributed by atoms with E-state index >= 15 is 0 Å². The molecule has 0 amide bonds. The number of allylic oxidation sites excluding steroid dienone is 1. The summed E-state index contributed by atoms with van der Waals surface area (Å²) in [5, 5.41) is 8.94. The summed E-state index contributed by atoms with van der Waals surface area (Å²) in [6.45, 7) is 2.15. The molecule has 0 spiro atoms. The van der Waals surface area contributed by atoms with Crippen LogP contribution in [-0.4, -0.2) is 30.8 Å². The van der Waals surface area contributed by atoms with Gasteiger partial charge in [0.25, 0.3) is 0 Å². The first-order chi connectivity index (χ1) is 8.58. The van der Waals surface area contributed by atoms with Crippen molar-refractivity contribution in [1.29, 1.82) is 0 Å². The molecule has 0 bridgehead atoms. The zero-order chi connectivity index (χ0) is 13.5. The smallest absolute Gasteiger partial charge is 0.338 e. The molecule has 1 N–H and O–H groups in total. The molecule has 0 fully saturated rings. The number of ether oxygens (including phenoxy) is 2. The van der Waals surface area contributed by atoms with Gasteiger partial charge in [-0.3, -0.25) is 0 Å². The normalized spacial score (nSPS) is 10.3. The lowest BCUT2D eigenvalue weighted by Gasteiger charge is -2.07. The second-order valence-electron chi connectivity index (χ2n) is 3.42. The highest BCUT2D eigenvalue weighted by Gasteiger charge is 2.13. The molecule has 0 aliphatic rings. The van der Waals surface area contributed by atoms with Gasteiger partial charge in [0.15, 0.2) is 0 Å². The fourth-order valence-corrected chi connectivity index (χ4v) is 1.28. The number of benzene rings is 1. The highest BCUT2D eigenvalue weighted by Crippen LogP contribution is 2.18. The number of hydrogen-bond acceptors (Lipinski definition) is 4. The minimum absolute atomic E-state index is 0.0200. The first kappa shape index (κ1) is 13.8. The van der Waals surface area contributed by atoms with Gasteiger partial charge in [0.05, 0.1) is 18.2 Å². The Hall–Kier alpha value is -2.30. The van der Waals surface area contributed by atoms with E-state index in [1.165, 1.54) is 25.3 Å². The summed E-state index contributed by atoms with van der Waals surface area (Å²) in [5.41, 5.74) is 0.126. The Morgan fingerprint density at radius 3 is 2.50 bits per heavy atom. The molecule has 18 heavy (non-hydrogen) atoms. The summed E-state index contributed by atoms with van der Waals surface area (Å²) >= 11 is 0. The Balaban J connectivity index is 3.05. The van der Waals surface area contributed by atoms with Crippen LogP contribution in [0.3, 0.4) is 0 Å². The number of aromatic carboxylic acids is 1. The van der Waals surface area contributed by atoms with Crippen LogP contribution in [0.1, 0.15) is 27.6 Å². The van der Waals surface area contributed by atoms with Crippen molar-refractivity contribution in [3.63, 3.8) is 0 Å². The van der Waals surface area contributed by atoms with Crippen LogP contribution in [0.5, 0.6) is 5.75 Å². The topological polar surface area (TPSA) is 72.8 Å². The van der Waals surface area contributed by atoms with Crippen molar-refractivity contribution in [2.45, 2.75) is 6.92 Å². The van der Waals surface area contributed by atoms with Gasteiger partial charge in [-0.1, -0.05) is 12.2 Å². The molecule has 0 aromatic heterocycles. The van der Waals surface area contributed by atoms with E-state index in [0.717, 1.165) is 0 Å². The van der Waals surface area contributed by atoms with Crippen molar-refractivity contribution in [1.82, 2.24) is 0 Å². The number of rotatable bonds is 5.